The minimum atomic E-state index is -3.53. The fourth-order valence-electron chi connectivity index (χ4n) is 3.17. The van der Waals surface area contributed by atoms with Crippen LogP contribution in [0.15, 0.2) is 24.3 Å². The number of amides is 1. The lowest BCUT2D eigenvalue weighted by Crippen LogP contribution is -2.31. The summed E-state index contributed by atoms with van der Waals surface area (Å²) in [5.41, 5.74) is 1.85. The molecule has 1 aromatic carbocycles. The summed E-state index contributed by atoms with van der Waals surface area (Å²) < 4.78 is 22.5. The summed E-state index contributed by atoms with van der Waals surface area (Å²) in [5.74, 6) is -0.356. The predicted octanol–water partition coefficient (Wildman–Crippen LogP) is 1.95. The van der Waals surface area contributed by atoms with Crippen LogP contribution in [0.5, 0.6) is 0 Å². The molecule has 1 fully saturated rings. The number of benzene rings is 1. The number of pyridine rings is 1. The zero-order valence-corrected chi connectivity index (χ0v) is 14.8. The average Bonchev–Trinajstić information content (AvgIpc) is 2.93. The molecule has 0 aliphatic carbocycles. The van der Waals surface area contributed by atoms with Crippen molar-refractivity contribution in [3.63, 3.8) is 0 Å². The zero-order chi connectivity index (χ0) is 17.5. The van der Waals surface area contributed by atoms with E-state index in [1.165, 1.54) is 0 Å². The van der Waals surface area contributed by atoms with Crippen molar-refractivity contribution < 1.29 is 13.2 Å². The number of likely N-dealkylation sites (tertiary alicyclic amines) is 1. The first-order valence-electron chi connectivity index (χ1n) is 7.60. The van der Waals surface area contributed by atoms with Gasteiger partial charge in [-0.15, -0.1) is 0 Å². The van der Waals surface area contributed by atoms with Crippen molar-refractivity contribution >= 4 is 38.4 Å². The third-order valence-corrected chi connectivity index (χ3v) is 5.43. The highest BCUT2D eigenvalue weighted by Gasteiger charge is 2.30. The fourth-order valence-corrected chi connectivity index (χ4v) is 4.32. The minimum absolute atomic E-state index is 0.0985. The summed E-state index contributed by atoms with van der Waals surface area (Å²) in [6.07, 6.45) is 0.630. The Kier molecular flexibility index (Phi) is 4.50. The maximum Gasteiger partial charge on any atom is 0.254 e. The van der Waals surface area contributed by atoms with Crippen LogP contribution in [0.3, 0.4) is 0 Å². The van der Waals surface area contributed by atoms with Gasteiger partial charge in [0.15, 0.2) is 0 Å². The van der Waals surface area contributed by atoms with Crippen LogP contribution in [0.4, 0.5) is 0 Å². The molecule has 0 bridgehead atoms. The molecule has 8 heteroatoms. The SMILES string of the molecule is Cc1cc(C(=O)N2CC[C@@H](CS(N)(=O)=O)C2)c2cccc(Cl)c2n1. The number of primary sulfonamides is 1. The number of para-hydroxylation sites is 1. The Hall–Kier alpha value is -1.70. The lowest BCUT2D eigenvalue weighted by atomic mass is 10.1. The van der Waals surface area contributed by atoms with E-state index in [-0.39, 0.29) is 17.6 Å². The number of halogens is 1. The molecule has 0 radical (unpaired) electrons. The molecule has 2 N–H and O–H groups in total. The van der Waals surface area contributed by atoms with E-state index in [0.29, 0.717) is 46.7 Å². The lowest BCUT2D eigenvalue weighted by Gasteiger charge is -2.18. The fraction of sp³-hybridized carbons (Fsp3) is 0.375. The summed E-state index contributed by atoms with van der Waals surface area (Å²) in [7, 11) is -3.53. The van der Waals surface area contributed by atoms with Crippen LogP contribution < -0.4 is 5.14 Å². The van der Waals surface area contributed by atoms with Gasteiger partial charge in [0.25, 0.3) is 5.91 Å². The van der Waals surface area contributed by atoms with Gasteiger partial charge in [0.05, 0.1) is 21.9 Å². The Morgan fingerprint density at radius 3 is 2.92 bits per heavy atom. The Labute approximate surface area is 145 Å². The Bertz CT molecular complexity index is 914. The molecule has 0 spiro atoms. The molecule has 1 aliphatic rings. The Morgan fingerprint density at radius 2 is 2.21 bits per heavy atom. The van der Waals surface area contributed by atoms with Gasteiger partial charge in [-0.3, -0.25) is 9.78 Å². The molecule has 2 aromatic rings. The van der Waals surface area contributed by atoms with Crippen molar-refractivity contribution in [1.82, 2.24) is 9.88 Å². The number of aryl methyl sites for hydroxylation is 1. The number of fused-ring (bicyclic) bond motifs is 1. The first-order chi connectivity index (χ1) is 11.2. The van der Waals surface area contributed by atoms with Crippen molar-refractivity contribution in [2.75, 3.05) is 18.8 Å². The van der Waals surface area contributed by atoms with E-state index in [2.05, 4.69) is 4.98 Å². The lowest BCUT2D eigenvalue weighted by molar-refractivity contribution is 0.0790. The van der Waals surface area contributed by atoms with Gasteiger partial charge in [-0.1, -0.05) is 23.7 Å². The van der Waals surface area contributed by atoms with Gasteiger partial charge in [-0.2, -0.15) is 0 Å². The largest absolute Gasteiger partial charge is 0.338 e. The summed E-state index contributed by atoms with van der Waals surface area (Å²) >= 11 is 6.19. The number of nitrogens with zero attached hydrogens (tertiary/aromatic N) is 2. The molecule has 24 heavy (non-hydrogen) atoms. The second-order valence-corrected chi connectivity index (χ2v) is 8.25. The summed E-state index contributed by atoms with van der Waals surface area (Å²) in [6.45, 7) is 2.72. The molecular formula is C16H18ClN3O3S. The second kappa shape index (κ2) is 6.31. The third-order valence-electron chi connectivity index (χ3n) is 4.19. The van der Waals surface area contributed by atoms with Crippen LogP contribution in [0.1, 0.15) is 22.5 Å². The normalized spacial score (nSPS) is 18.3. The number of sulfonamides is 1. The topological polar surface area (TPSA) is 93.4 Å². The summed E-state index contributed by atoms with van der Waals surface area (Å²) in [6, 6.07) is 7.08. The maximum atomic E-state index is 12.9. The van der Waals surface area contributed by atoms with Crippen LogP contribution in [0.2, 0.25) is 5.02 Å². The molecule has 1 aromatic heterocycles. The molecule has 2 heterocycles. The number of carbonyl (C=O) groups is 1. The van der Waals surface area contributed by atoms with Crippen LogP contribution in [0.25, 0.3) is 10.9 Å². The highest BCUT2D eigenvalue weighted by Crippen LogP contribution is 2.27. The van der Waals surface area contributed by atoms with E-state index in [0.717, 1.165) is 0 Å². The first kappa shape index (κ1) is 17.1. The number of carbonyl (C=O) groups excluding carboxylic acids is 1. The molecule has 1 atom stereocenters. The molecular weight excluding hydrogens is 350 g/mol. The van der Waals surface area contributed by atoms with E-state index >= 15 is 0 Å². The summed E-state index contributed by atoms with van der Waals surface area (Å²) in [4.78, 5) is 19.0. The molecule has 0 saturated carbocycles. The van der Waals surface area contributed by atoms with Crippen LogP contribution in [-0.4, -0.2) is 43.1 Å². The van der Waals surface area contributed by atoms with Crippen molar-refractivity contribution in [1.29, 1.82) is 0 Å². The highest BCUT2D eigenvalue weighted by atomic mass is 35.5. The van der Waals surface area contributed by atoms with Crippen LogP contribution in [0, 0.1) is 12.8 Å². The second-order valence-electron chi connectivity index (χ2n) is 6.18. The van der Waals surface area contributed by atoms with Gasteiger partial charge >= 0.3 is 0 Å². The number of hydrogen-bond acceptors (Lipinski definition) is 4. The number of hydrogen-bond donors (Lipinski definition) is 1. The average molecular weight is 368 g/mol. The van der Waals surface area contributed by atoms with Gasteiger partial charge in [0, 0.05) is 24.2 Å². The molecule has 3 rings (SSSR count). The molecule has 1 saturated heterocycles. The van der Waals surface area contributed by atoms with E-state index in [4.69, 9.17) is 16.7 Å². The van der Waals surface area contributed by atoms with Gasteiger partial charge in [0.1, 0.15) is 0 Å². The van der Waals surface area contributed by atoms with Crippen molar-refractivity contribution in [2.24, 2.45) is 11.1 Å². The van der Waals surface area contributed by atoms with Crippen molar-refractivity contribution in [3.05, 3.63) is 40.5 Å². The molecule has 1 amide bonds. The van der Waals surface area contributed by atoms with Crippen molar-refractivity contribution in [2.45, 2.75) is 13.3 Å². The van der Waals surface area contributed by atoms with E-state index in [1.807, 2.05) is 13.0 Å². The van der Waals surface area contributed by atoms with Gasteiger partial charge < -0.3 is 4.90 Å². The van der Waals surface area contributed by atoms with Gasteiger partial charge in [-0.05, 0) is 31.4 Å². The first-order valence-corrected chi connectivity index (χ1v) is 9.69. The van der Waals surface area contributed by atoms with E-state index < -0.39 is 10.0 Å². The maximum absolute atomic E-state index is 12.9. The van der Waals surface area contributed by atoms with E-state index in [9.17, 15) is 13.2 Å². The standard InChI is InChI=1S/C16H18ClN3O3S/c1-10-7-13(12-3-2-4-14(17)15(12)19-10)16(21)20-6-5-11(8-20)9-24(18,22)23/h2-4,7,11H,5-6,8-9H2,1H3,(H2,18,22,23)/t11-/m1/s1. The Balaban J connectivity index is 1.91. The minimum Gasteiger partial charge on any atom is -0.338 e. The van der Waals surface area contributed by atoms with Crippen LogP contribution >= 0.6 is 11.6 Å². The van der Waals surface area contributed by atoms with Gasteiger partial charge in [0.2, 0.25) is 10.0 Å². The van der Waals surface area contributed by atoms with Gasteiger partial charge in [-0.25, -0.2) is 13.6 Å². The Morgan fingerprint density at radius 1 is 1.46 bits per heavy atom. The number of rotatable bonds is 3. The quantitative estimate of drug-likeness (QED) is 0.897. The van der Waals surface area contributed by atoms with Crippen LogP contribution in [-0.2, 0) is 10.0 Å². The predicted molar refractivity (Wildman–Crippen MR) is 93.5 cm³/mol. The van der Waals surface area contributed by atoms with E-state index in [1.54, 1.807) is 23.1 Å². The molecule has 1 aliphatic heterocycles. The smallest absolute Gasteiger partial charge is 0.254 e. The monoisotopic (exact) mass is 367 g/mol. The number of aromatic nitrogens is 1. The molecule has 6 nitrogen and oxygen atoms in total. The number of nitrogens with two attached hydrogens (primary N) is 1. The van der Waals surface area contributed by atoms with Crippen molar-refractivity contribution in [3.8, 4) is 0 Å². The molecule has 128 valence electrons. The summed E-state index contributed by atoms with van der Waals surface area (Å²) in [5, 5.41) is 6.31. The zero-order valence-electron chi connectivity index (χ0n) is 13.2. The molecule has 0 unspecified atom stereocenters. The highest BCUT2D eigenvalue weighted by molar-refractivity contribution is 7.89. The third kappa shape index (κ3) is 3.53.